The lowest BCUT2D eigenvalue weighted by Crippen LogP contribution is -2.33. The van der Waals surface area contributed by atoms with Crippen molar-refractivity contribution in [3.63, 3.8) is 0 Å². The number of sulfonamides is 1. The Morgan fingerprint density at radius 2 is 1.90 bits per heavy atom. The molecule has 1 unspecified atom stereocenters. The van der Waals surface area contributed by atoms with E-state index in [1.54, 1.807) is 31.1 Å². The number of benzene rings is 2. The van der Waals surface area contributed by atoms with Crippen molar-refractivity contribution in [2.24, 2.45) is 7.05 Å². The topological polar surface area (TPSA) is 73.7 Å². The van der Waals surface area contributed by atoms with Gasteiger partial charge in [0.15, 0.2) is 0 Å². The SMILES string of the molecule is COc1cccc(C(C)N(c2cnn(C)c2)S(=O)(=O)c2ccc(OC)c(Br)c2)c1. The highest BCUT2D eigenvalue weighted by Crippen LogP contribution is 2.36. The first-order valence-corrected chi connectivity index (χ1v) is 11.0. The molecule has 0 saturated heterocycles. The fraction of sp³-hybridized carbons (Fsp3) is 0.250. The van der Waals surface area contributed by atoms with Crippen molar-refractivity contribution in [2.75, 3.05) is 18.5 Å². The molecule has 0 spiro atoms. The zero-order valence-corrected chi connectivity index (χ0v) is 18.9. The molecule has 0 saturated carbocycles. The molecule has 29 heavy (non-hydrogen) atoms. The molecule has 0 amide bonds. The summed E-state index contributed by atoms with van der Waals surface area (Å²) >= 11 is 3.37. The maximum absolute atomic E-state index is 13.7. The number of aromatic nitrogens is 2. The molecule has 1 aromatic heterocycles. The Morgan fingerprint density at radius 1 is 1.14 bits per heavy atom. The van der Waals surface area contributed by atoms with Crippen LogP contribution in [0.5, 0.6) is 11.5 Å². The Morgan fingerprint density at radius 3 is 2.48 bits per heavy atom. The summed E-state index contributed by atoms with van der Waals surface area (Å²) in [5, 5.41) is 4.16. The molecule has 0 aliphatic heterocycles. The predicted molar refractivity (Wildman–Crippen MR) is 115 cm³/mol. The average Bonchev–Trinajstić information content (AvgIpc) is 3.13. The van der Waals surface area contributed by atoms with Crippen molar-refractivity contribution < 1.29 is 17.9 Å². The second kappa shape index (κ2) is 8.46. The van der Waals surface area contributed by atoms with Gasteiger partial charge in [-0.3, -0.25) is 8.99 Å². The van der Waals surface area contributed by atoms with Crippen molar-refractivity contribution in [3.8, 4) is 11.5 Å². The minimum absolute atomic E-state index is 0.142. The summed E-state index contributed by atoms with van der Waals surface area (Å²) in [5.74, 6) is 1.21. The highest BCUT2D eigenvalue weighted by atomic mass is 79.9. The molecule has 9 heteroatoms. The van der Waals surface area contributed by atoms with Gasteiger partial charge in [0.1, 0.15) is 11.5 Å². The summed E-state index contributed by atoms with van der Waals surface area (Å²) in [7, 11) is 0.949. The summed E-state index contributed by atoms with van der Waals surface area (Å²) in [6, 6.07) is 11.5. The van der Waals surface area contributed by atoms with E-state index in [-0.39, 0.29) is 4.90 Å². The molecule has 154 valence electrons. The second-order valence-corrected chi connectivity index (χ2v) is 9.09. The summed E-state index contributed by atoms with van der Waals surface area (Å²) < 4.78 is 41.3. The van der Waals surface area contributed by atoms with Crippen LogP contribution in [0.15, 0.2) is 64.2 Å². The molecular weight excluding hydrogens is 458 g/mol. The average molecular weight is 480 g/mol. The van der Waals surface area contributed by atoms with Crippen molar-refractivity contribution in [2.45, 2.75) is 17.9 Å². The highest BCUT2D eigenvalue weighted by Gasteiger charge is 2.32. The van der Waals surface area contributed by atoms with E-state index in [1.807, 2.05) is 31.2 Å². The number of hydrogen-bond acceptors (Lipinski definition) is 5. The Balaban J connectivity index is 2.13. The normalized spacial score (nSPS) is 12.4. The van der Waals surface area contributed by atoms with Gasteiger partial charge in [0.2, 0.25) is 0 Å². The molecule has 0 N–H and O–H groups in total. The third-order valence-electron chi connectivity index (χ3n) is 4.55. The van der Waals surface area contributed by atoms with E-state index in [9.17, 15) is 8.42 Å². The number of rotatable bonds is 7. The van der Waals surface area contributed by atoms with E-state index in [1.165, 1.54) is 29.7 Å². The van der Waals surface area contributed by atoms with Crippen LogP contribution in [0.4, 0.5) is 5.69 Å². The van der Waals surface area contributed by atoms with Gasteiger partial charge in [-0.1, -0.05) is 12.1 Å². The molecule has 1 heterocycles. The summed E-state index contributed by atoms with van der Waals surface area (Å²) in [5.41, 5.74) is 1.26. The van der Waals surface area contributed by atoms with Crippen LogP contribution in [0.3, 0.4) is 0 Å². The molecule has 3 rings (SSSR count). The lowest BCUT2D eigenvalue weighted by Gasteiger charge is -2.30. The molecule has 0 aliphatic rings. The minimum atomic E-state index is -3.90. The van der Waals surface area contributed by atoms with Gasteiger partial charge in [0.25, 0.3) is 10.0 Å². The van der Waals surface area contributed by atoms with Crippen LogP contribution in [0.2, 0.25) is 0 Å². The lowest BCUT2D eigenvalue weighted by atomic mass is 10.1. The maximum Gasteiger partial charge on any atom is 0.265 e. The Kier molecular flexibility index (Phi) is 6.18. The zero-order chi connectivity index (χ0) is 21.2. The van der Waals surface area contributed by atoms with Gasteiger partial charge in [0.05, 0.1) is 41.5 Å². The van der Waals surface area contributed by atoms with Crippen LogP contribution in [-0.2, 0) is 17.1 Å². The molecular formula is C20H22BrN3O4S. The first-order chi connectivity index (χ1) is 13.8. The first-order valence-electron chi connectivity index (χ1n) is 8.78. The molecule has 0 bridgehead atoms. The maximum atomic E-state index is 13.7. The van der Waals surface area contributed by atoms with Crippen LogP contribution < -0.4 is 13.8 Å². The zero-order valence-electron chi connectivity index (χ0n) is 16.5. The second-order valence-electron chi connectivity index (χ2n) is 6.42. The van der Waals surface area contributed by atoms with E-state index in [0.29, 0.717) is 21.7 Å². The molecule has 7 nitrogen and oxygen atoms in total. The summed E-state index contributed by atoms with van der Waals surface area (Å²) in [6.45, 7) is 1.83. The lowest BCUT2D eigenvalue weighted by molar-refractivity contribution is 0.411. The van der Waals surface area contributed by atoms with Gasteiger partial charge in [-0.15, -0.1) is 0 Å². The largest absolute Gasteiger partial charge is 0.497 e. The number of halogens is 1. The van der Waals surface area contributed by atoms with E-state index >= 15 is 0 Å². The third-order valence-corrected chi connectivity index (χ3v) is 7.07. The molecule has 3 aromatic rings. The number of methoxy groups -OCH3 is 2. The Labute approximate surface area is 179 Å². The van der Waals surface area contributed by atoms with Crippen LogP contribution in [0, 0.1) is 0 Å². The Hall–Kier alpha value is -2.52. The van der Waals surface area contributed by atoms with Gasteiger partial charge >= 0.3 is 0 Å². The van der Waals surface area contributed by atoms with Crippen LogP contribution in [-0.4, -0.2) is 32.4 Å². The molecule has 0 fully saturated rings. The summed E-state index contributed by atoms with van der Waals surface area (Å²) in [6.07, 6.45) is 3.21. The Bertz CT molecular complexity index is 1110. The minimum Gasteiger partial charge on any atom is -0.497 e. The standard InChI is InChI=1S/C20H22BrN3O4S/c1-14(15-6-5-7-17(10-15)27-3)24(16-12-22-23(2)13-16)29(25,26)18-8-9-20(28-4)19(21)11-18/h5-14H,1-4H3. The van der Waals surface area contributed by atoms with Gasteiger partial charge in [-0.25, -0.2) is 8.42 Å². The molecule has 1 atom stereocenters. The van der Waals surface area contributed by atoms with Crippen LogP contribution in [0.1, 0.15) is 18.5 Å². The van der Waals surface area contributed by atoms with E-state index in [4.69, 9.17) is 9.47 Å². The number of aryl methyl sites for hydroxylation is 1. The van der Waals surface area contributed by atoms with Crippen LogP contribution in [0.25, 0.3) is 0 Å². The number of anilines is 1. The van der Waals surface area contributed by atoms with Gasteiger partial charge < -0.3 is 9.47 Å². The van der Waals surface area contributed by atoms with E-state index in [2.05, 4.69) is 21.0 Å². The monoisotopic (exact) mass is 479 g/mol. The van der Waals surface area contributed by atoms with Crippen molar-refractivity contribution in [1.29, 1.82) is 0 Å². The van der Waals surface area contributed by atoms with Crippen molar-refractivity contribution >= 4 is 31.6 Å². The number of ether oxygens (including phenoxy) is 2. The number of hydrogen-bond donors (Lipinski definition) is 0. The molecule has 2 aromatic carbocycles. The number of nitrogens with zero attached hydrogens (tertiary/aromatic N) is 3. The highest BCUT2D eigenvalue weighted by molar-refractivity contribution is 9.10. The third kappa shape index (κ3) is 4.25. The van der Waals surface area contributed by atoms with Crippen molar-refractivity contribution in [3.05, 3.63) is 64.9 Å². The summed E-state index contributed by atoms with van der Waals surface area (Å²) in [4.78, 5) is 0.142. The van der Waals surface area contributed by atoms with E-state index in [0.717, 1.165) is 5.56 Å². The fourth-order valence-corrected chi connectivity index (χ4v) is 5.39. The fourth-order valence-electron chi connectivity index (χ4n) is 3.05. The van der Waals surface area contributed by atoms with Gasteiger partial charge in [0, 0.05) is 13.2 Å². The quantitative estimate of drug-likeness (QED) is 0.508. The van der Waals surface area contributed by atoms with Crippen molar-refractivity contribution in [1.82, 2.24) is 9.78 Å². The predicted octanol–water partition coefficient (Wildman–Crippen LogP) is 4.16. The smallest absolute Gasteiger partial charge is 0.265 e. The van der Waals surface area contributed by atoms with Gasteiger partial charge in [-0.05, 0) is 58.7 Å². The van der Waals surface area contributed by atoms with Crippen LogP contribution >= 0.6 is 15.9 Å². The van der Waals surface area contributed by atoms with Gasteiger partial charge in [-0.2, -0.15) is 5.10 Å². The molecule has 0 radical (unpaired) electrons. The first kappa shape index (κ1) is 21.2. The van der Waals surface area contributed by atoms with E-state index < -0.39 is 16.1 Å². The molecule has 0 aliphatic carbocycles.